The molecule has 0 aromatic carbocycles. The van der Waals surface area contributed by atoms with Crippen LogP contribution in [0.2, 0.25) is 0 Å². The molecule has 0 radical (unpaired) electrons. The molecule has 2 atom stereocenters. The van der Waals surface area contributed by atoms with Crippen LogP contribution in [0, 0.1) is 10.8 Å². The molecular weight excluding hydrogens is 204 g/mol. The molecule has 2 rings (SSSR count). The molecular formula is C12H26N2S. The number of hydrogen-bond acceptors (Lipinski definition) is 3. The van der Waals surface area contributed by atoms with Crippen LogP contribution in [0.1, 0.15) is 34.1 Å². The van der Waals surface area contributed by atoms with Gasteiger partial charge in [0.25, 0.3) is 0 Å². The molecule has 2 aliphatic heterocycles. The van der Waals surface area contributed by atoms with Gasteiger partial charge >= 0.3 is 0 Å². The zero-order valence-electron chi connectivity index (χ0n) is 10.9. The van der Waals surface area contributed by atoms with Crippen LogP contribution < -0.4 is 0 Å². The third-order valence-corrected chi connectivity index (χ3v) is 4.49. The zero-order valence-corrected chi connectivity index (χ0v) is 11.8. The lowest BCUT2D eigenvalue weighted by Gasteiger charge is -2.47. The van der Waals surface area contributed by atoms with E-state index in [4.69, 9.17) is 0 Å². The van der Waals surface area contributed by atoms with Gasteiger partial charge in [0.15, 0.2) is 0 Å². The minimum absolute atomic E-state index is 0.446. The van der Waals surface area contributed by atoms with Crippen molar-refractivity contribution < 1.29 is 0 Å². The van der Waals surface area contributed by atoms with Crippen molar-refractivity contribution in [2.24, 2.45) is 10.8 Å². The van der Waals surface area contributed by atoms with Crippen molar-refractivity contribution in [3.63, 3.8) is 0 Å². The normalized spacial score (nSPS) is 42.0. The summed E-state index contributed by atoms with van der Waals surface area (Å²) in [5, 5.41) is 0. The summed E-state index contributed by atoms with van der Waals surface area (Å²) in [6, 6.07) is 0. The Morgan fingerprint density at radius 2 is 1.53 bits per heavy atom. The van der Waals surface area contributed by atoms with Gasteiger partial charge in [-0.2, -0.15) is 0 Å². The summed E-state index contributed by atoms with van der Waals surface area (Å²) >= 11 is 4.48. The summed E-state index contributed by atoms with van der Waals surface area (Å²) in [5.74, 6) is 0. The highest BCUT2D eigenvalue weighted by molar-refractivity contribution is 7.77. The molecule has 90 valence electrons. The lowest BCUT2D eigenvalue weighted by atomic mass is 9.64. The molecule has 2 nitrogen and oxygen atoms in total. The molecule has 0 unspecified atom stereocenters. The molecule has 0 N–H and O–H groups in total. The van der Waals surface area contributed by atoms with Crippen LogP contribution in [-0.4, -0.2) is 42.4 Å². The summed E-state index contributed by atoms with van der Waals surface area (Å²) in [6.07, 6.45) is 1.29. The first-order valence-electron chi connectivity index (χ1n) is 6.08. The van der Waals surface area contributed by atoms with E-state index < -0.39 is 0 Å². The second-order valence-corrected chi connectivity index (χ2v) is 6.00. The molecule has 3 heteroatoms. The van der Waals surface area contributed by atoms with Crippen molar-refractivity contribution in [2.75, 3.05) is 33.2 Å². The number of thiol groups is 1. The average molecular weight is 230 g/mol. The third kappa shape index (κ3) is 2.34. The van der Waals surface area contributed by atoms with E-state index in [9.17, 15) is 0 Å². The molecule has 0 saturated carbocycles. The summed E-state index contributed by atoms with van der Waals surface area (Å²) in [7, 11) is 2.23. The van der Waals surface area contributed by atoms with Gasteiger partial charge in [-0.1, -0.05) is 40.5 Å². The fourth-order valence-electron chi connectivity index (χ4n) is 3.11. The van der Waals surface area contributed by atoms with Gasteiger partial charge in [-0.25, -0.2) is 0 Å². The van der Waals surface area contributed by atoms with Crippen molar-refractivity contribution >= 4 is 12.8 Å². The van der Waals surface area contributed by atoms with Crippen molar-refractivity contribution in [2.45, 2.75) is 34.1 Å². The number of hydrogen-bond donors (Lipinski definition) is 1. The second-order valence-electron chi connectivity index (χ2n) is 5.43. The molecule has 2 heterocycles. The van der Waals surface area contributed by atoms with Crippen LogP contribution in [0.5, 0.6) is 0 Å². The fourth-order valence-corrected chi connectivity index (χ4v) is 3.52. The van der Waals surface area contributed by atoms with Gasteiger partial charge in [0, 0.05) is 31.6 Å². The second kappa shape index (κ2) is 4.64. The Labute approximate surface area is 101 Å². The van der Waals surface area contributed by atoms with Crippen molar-refractivity contribution in [3.05, 3.63) is 0 Å². The van der Waals surface area contributed by atoms with Crippen molar-refractivity contribution in [1.82, 2.24) is 9.21 Å². The van der Waals surface area contributed by atoms with E-state index in [0.29, 0.717) is 10.8 Å². The predicted molar refractivity (Wildman–Crippen MR) is 70.2 cm³/mol. The number of nitrogens with zero attached hydrogens (tertiary/aromatic N) is 2. The first-order valence-corrected chi connectivity index (χ1v) is 6.48. The first kappa shape index (κ1) is 13.3. The molecule has 0 bridgehead atoms. The third-order valence-electron chi connectivity index (χ3n) is 4.15. The topological polar surface area (TPSA) is 6.48 Å². The van der Waals surface area contributed by atoms with Crippen molar-refractivity contribution in [1.29, 1.82) is 0 Å². The van der Waals surface area contributed by atoms with E-state index in [1.807, 2.05) is 13.8 Å². The Balaban J connectivity index is 0.000000531. The van der Waals surface area contributed by atoms with Gasteiger partial charge in [-0.3, -0.25) is 4.31 Å². The largest absolute Gasteiger partial charge is 0.305 e. The minimum Gasteiger partial charge on any atom is -0.305 e. The lowest BCUT2D eigenvalue weighted by Crippen LogP contribution is -2.49. The van der Waals surface area contributed by atoms with Crippen LogP contribution in [0.3, 0.4) is 0 Å². The zero-order chi connectivity index (χ0) is 11.7. The van der Waals surface area contributed by atoms with Crippen LogP contribution in [-0.2, 0) is 0 Å². The lowest BCUT2D eigenvalue weighted by molar-refractivity contribution is 0.0535. The highest BCUT2D eigenvalue weighted by Crippen LogP contribution is 2.51. The Morgan fingerprint density at radius 1 is 1.00 bits per heavy atom. The Morgan fingerprint density at radius 3 is 2.13 bits per heavy atom. The van der Waals surface area contributed by atoms with Gasteiger partial charge in [-0.05, 0) is 18.9 Å². The number of likely N-dealkylation sites (tertiary alicyclic amines) is 1. The van der Waals surface area contributed by atoms with E-state index in [1.54, 1.807) is 0 Å². The quantitative estimate of drug-likeness (QED) is 0.639. The SMILES string of the molecule is CC.CN1C[C@]2(C)CCN(S)C[C@]2(C)C1. The number of rotatable bonds is 0. The molecule has 0 aromatic rings. The summed E-state index contributed by atoms with van der Waals surface area (Å²) in [6.45, 7) is 13.6. The monoisotopic (exact) mass is 230 g/mol. The summed E-state index contributed by atoms with van der Waals surface area (Å²) < 4.78 is 2.18. The standard InChI is InChI=1S/C10H20N2S.C2H6/c1-9-4-5-12(13)8-10(9,2)7-11(3)6-9;1-2/h13H,4-8H2,1-3H3;1-2H3/t9-,10-;/m0./s1. The van der Waals surface area contributed by atoms with Crippen LogP contribution in [0.4, 0.5) is 0 Å². The van der Waals surface area contributed by atoms with Gasteiger partial charge in [0.1, 0.15) is 0 Å². The fraction of sp³-hybridized carbons (Fsp3) is 1.00. The summed E-state index contributed by atoms with van der Waals surface area (Å²) in [4.78, 5) is 2.47. The van der Waals surface area contributed by atoms with Gasteiger partial charge in [0.05, 0.1) is 0 Å². The van der Waals surface area contributed by atoms with E-state index in [2.05, 4.69) is 42.9 Å². The number of fused-ring (bicyclic) bond motifs is 1. The maximum atomic E-state index is 4.48. The molecule has 15 heavy (non-hydrogen) atoms. The Hall–Kier alpha value is 0.270. The maximum absolute atomic E-state index is 4.48. The number of piperidine rings is 1. The molecule has 2 fully saturated rings. The maximum Gasteiger partial charge on any atom is 0.0159 e. The highest BCUT2D eigenvalue weighted by atomic mass is 32.1. The highest BCUT2D eigenvalue weighted by Gasteiger charge is 2.53. The molecule has 2 saturated heterocycles. The van der Waals surface area contributed by atoms with E-state index in [1.165, 1.54) is 19.5 Å². The molecule has 0 amide bonds. The van der Waals surface area contributed by atoms with Crippen LogP contribution >= 0.6 is 12.8 Å². The predicted octanol–water partition coefficient (Wildman–Crippen LogP) is 2.52. The van der Waals surface area contributed by atoms with E-state index in [0.717, 1.165) is 13.1 Å². The van der Waals surface area contributed by atoms with E-state index in [-0.39, 0.29) is 0 Å². The van der Waals surface area contributed by atoms with Crippen LogP contribution in [0.25, 0.3) is 0 Å². The molecule has 0 aromatic heterocycles. The Kier molecular flexibility index (Phi) is 4.13. The minimum atomic E-state index is 0.446. The molecule has 0 aliphatic carbocycles. The van der Waals surface area contributed by atoms with Crippen LogP contribution in [0.15, 0.2) is 0 Å². The van der Waals surface area contributed by atoms with E-state index >= 15 is 0 Å². The first-order chi connectivity index (χ1) is 6.95. The molecule has 2 aliphatic rings. The molecule has 0 spiro atoms. The van der Waals surface area contributed by atoms with Gasteiger partial charge < -0.3 is 4.90 Å². The Bertz CT molecular complexity index is 222. The van der Waals surface area contributed by atoms with Gasteiger partial charge in [-0.15, -0.1) is 0 Å². The smallest absolute Gasteiger partial charge is 0.0159 e. The average Bonchev–Trinajstić information content (AvgIpc) is 2.38. The van der Waals surface area contributed by atoms with Gasteiger partial charge in [0.2, 0.25) is 0 Å². The van der Waals surface area contributed by atoms with Crippen molar-refractivity contribution in [3.8, 4) is 0 Å². The summed E-state index contributed by atoms with van der Waals surface area (Å²) in [5.41, 5.74) is 0.961.